The molecule has 94 valence electrons. The summed E-state index contributed by atoms with van der Waals surface area (Å²) < 4.78 is 13.1. The van der Waals surface area contributed by atoms with E-state index in [9.17, 15) is 4.39 Å². The van der Waals surface area contributed by atoms with E-state index in [-0.39, 0.29) is 11.9 Å². The number of halogens is 1. The largest absolute Gasteiger partial charge is 0.320 e. The summed E-state index contributed by atoms with van der Waals surface area (Å²) in [7, 11) is 0. The van der Waals surface area contributed by atoms with Gasteiger partial charge in [-0.2, -0.15) is 0 Å². The predicted octanol–water partition coefficient (Wildman–Crippen LogP) is 3.80. The standard InChI is InChI=1S/C16H18FN/c1-10-6-11(2)8-13(7-10)16(18)15-5-4-14(17)9-12(15)3/h4-9,16H,18H2,1-3H3. The zero-order valence-corrected chi connectivity index (χ0v) is 11.0. The van der Waals surface area contributed by atoms with Crippen LogP contribution in [-0.2, 0) is 0 Å². The summed E-state index contributed by atoms with van der Waals surface area (Å²) in [4.78, 5) is 0. The molecule has 1 atom stereocenters. The van der Waals surface area contributed by atoms with Gasteiger partial charge in [0.1, 0.15) is 5.82 Å². The second kappa shape index (κ2) is 4.91. The fraction of sp³-hybridized carbons (Fsp3) is 0.250. The van der Waals surface area contributed by atoms with Crippen molar-refractivity contribution >= 4 is 0 Å². The van der Waals surface area contributed by atoms with Crippen molar-refractivity contribution in [2.45, 2.75) is 26.8 Å². The van der Waals surface area contributed by atoms with Crippen LogP contribution < -0.4 is 5.73 Å². The first-order valence-corrected chi connectivity index (χ1v) is 6.07. The minimum atomic E-state index is -0.219. The fourth-order valence-electron chi connectivity index (χ4n) is 2.36. The van der Waals surface area contributed by atoms with E-state index in [4.69, 9.17) is 5.73 Å². The van der Waals surface area contributed by atoms with Crippen LogP contribution in [0.1, 0.15) is 33.9 Å². The summed E-state index contributed by atoms with van der Waals surface area (Å²) in [6.07, 6.45) is 0. The summed E-state index contributed by atoms with van der Waals surface area (Å²) in [5.74, 6) is -0.219. The number of aryl methyl sites for hydroxylation is 3. The number of hydrogen-bond donors (Lipinski definition) is 1. The second-order valence-electron chi connectivity index (χ2n) is 4.90. The van der Waals surface area contributed by atoms with Gasteiger partial charge in [0.25, 0.3) is 0 Å². The van der Waals surface area contributed by atoms with E-state index in [1.54, 1.807) is 6.07 Å². The van der Waals surface area contributed by atoms with Crippen molar-refractivity contribution in [3.05, 3.63) is 70.0 Å². The molecule has 0 saturated heterocycles. The number of benzene rings is 2. The lowest BCUT2D eigenvalue weighted by Crippen LogP contribution is -2.13. The molecule has 0 aliphatic heterocycles. The first kappa shape index (κ1) is 12.8. The SMILES string of the molecule is Cc1cc(C)cc(C(N)c2ccc(F)cc2C)c1. The van der Waals surface area contributed by atoms with Crippen molar-refractivity contribution in [3.63, 3.8) is 0 Å². The Morgan fingerprint density at radius 2 is 1.56 bits per heavy atom. The Morgan fingerprint density at radius 1 is 0.944 bits per heavy atom. The minimum Gasteiger partial charge on any atom is -0.320 e. The summed E-state index contributed by atoms with van der Waals surface area (Å²) in [5.41, 5.74) is 11.6. The Morgan fingerprint density at radius 3 is 2.11 bits per heavy atom. The third-order valence-electron chi connectivity index (χ3n) is 3.17. The number of rotatable bonds is 2. The molecule has 2 heteroatoms. The molecule has 2 aromatic carbocycles. The summed E-state index contributed by atoms with van der Waals surface area (Å²) in [5, 5.41) is 0. The van der Waals surface area contributed by atoms with E-state index in [0.29, 0.717) is 0 Å². The van der Waals surface area contributed by atoms with E-state index in [0.717, 1.165) is 16.7 Å². The average molecular weight is 243 g/mol. The smallest absolute Gasteiger partial charge is 0.123 e. The molecule has 2 rings (SSSR count). The lowest BCUT2D eigenvalue weighted by atomic mass is 9.93. The maximum Gasteiger partial charge on any atom is 0.123 e. The quantitative estimate of drug-likeness (QED) is 0.853. The van der Waals surface area contributed by atoms with Crippen LogP contribution in [0.5, 0.6) is 0 Å². The van der Waals surface area contributed by atoms with Gasteiger partial charge < -0.3 is 5.73 Å². The van der Waals surface area contributed by atoms with Crippen LogP contribution in [0, 0.1) is 26.6 Å². The molecule has 0 aliphatic carbocycles. The molecule has 0 bridgehead atoms. The van der Waals surface area contributed by atoms with E-state index < -0.39 is 0 Å². The maximum atomic E-state index is 13.1. The number of nitrogens with two attached hydrogens (primary N) is 1. The molecule has 0 fully saturated rings. The Kier molecular flexibility index (Phi) is 3.48. The maximum absolute atomic E-state index is 13.1. The van der Waals surface area contributed by atoms with Crippen LogP contribution in [0.3, 0.4) is 0 Å². The molecular weight excluding hydrogens is 225 g/mol. The van der Waals surface area contributed by atoms with Gasteiger partial charge in [0.15, 0.2) is 0 Å². The van der Waals surface area contributed by atoms with Crippen molar-refractivity contribution in [1.29, 1.82) is 0 Å². The Labute approximate surface area is 107 Å². The molecule has 2 aromatic rings. The molecular formula is C16H18FN. The topological polar surface area (TPSA) is 26.0 Å². The highest BCUT2D eigenvalue weighted by atomic mass is 19.1. The van der Waals surface area contributed by atoms with Crippen LogP contribution in [0.25, 0.3) is 0 Å². The highest BCUT2D eigenvalue weighted by Crippen LogP contribution is 2.24. The molecule has 0 amide bonds. The van der Waals surface area contributed by atoms with Gasteiger partial charge in [0, 0.05) is 0 Å². The van der Waals surface area contributed by atoms with Gasteiger partial charge in [-0.3, -0.25) is 0 Å². The van der Waals surface area contributed by atoms with Crippen molar-refractivity contribution in [2.24, 2.45) is 5.73 Å². The van der Waals surface area contributed by atoms with Crippen LogP contribution in [0.15, 0.2) is 36.4 Å². The van der Waals surface area contributed by atoms with Crippen molar-refractivity contribution in [2.75, 3.05) is 0 Å². The Balaban J connectivity index is 2.44. The first-order valence-electron chi connectivity index (χ1n) is 6.07. The Hall–Kier alpha value is -1.67. The lowest BCUT2D eigenvalue weighted by molar-refractivity contribution is 0.624. The van der Waals surface area contributed by atoms with Crippen LogP contribution in [0.2, 0.25) is 0 Å². The molecule has 18 heavy (non-hydrogen) atoms. The zero-order chi connectivity index (χ0) is 13.3. The van der Waals surface area contributed by atoms with E-state index in [1.807, 2.05) is 6.92 Å². The Bertz CT molecular complexity index is 555. The van der Waals surface area contributed by atoms with Crippen molar-refractivity contribution < 1.29 is 4.39 Å². The van der Waals surface area contributed by atoms with Gasteiger partial charge >= 0.3 is 0 Å². The monoisotopic (exact) mass is 243 g/mol. The third-order valence-corrected chi connectivity index (χ3v) is 3.17. The normalized spacial score (nSPS) is 12.5. The van der Waals surface area contributed by atoms with Crippen molar-refractivity contribution in [1.82, 2.24) is 0 Å². The molecule has 0 radical (unpaired) electrons. The molecule has 0 heterocycles. The lowest BCUT2D eigenvalue weighted by Gasteiger charge is -2.16. The molecule has 0 aliphatic rings. The molecule has 0 spiro atoms. The van der Waals surface area contributed by atoms with Gasteiger partial charge in [-0.05, 0) is 49.6 Å². The summed E-state index contributed by atoms with van der Waals surface area (Å²) in [6.45, 7) is 6.00. The van der Waals surface area contributed by atoms with Crippen molar-refractivity contribution in [3.8, 4) is 0 Å². The van der Waals surface area contributed by atoms with Crippen LogP contribution >= 0.6 is 0 Å². The summed E-state index contributed by atoms with van der Waals surface area (Å²) in [6, 6.07) is 10.8. The van der Waals surface area contributed by atoms with Gasteiger partial charge in [-0.15, -0.1) is 0 Å². The highest BCUT2D eigenvalue weighted by molar-refractivity contribution is 5.39. The van der Waals surface area contributed by atoms with Gasteiger partial charge in [-0.25, -0.2) is 4.39 Å². The molecule has 1 nitrogen and oxygen atoms in total. The van der Waals surface area contributed by atoms with E-state index >= 15 is 0 Å². The molecule has 1 unspecified atom stereocenters. The highest BCUT2D eigenvalue weighted by Gasteiger charge is 2.12. The molecule has 2 N–H and O–H groups in total. The predicted molar refractivity (Wildman–Crippen MR) is 73.1 cm³/mol. The second-order valence-corrected chi connectivity index (χ2v) is 4.90. The first-order chi connectivity index (χ1) is 8.47. The van der Waals surface area contributed by atoms with Gasteiger partial charge in [0.05, 0.1) is 6.04 Å². The molecule has 0 aromatic heterocycles. The third kappa shape index (κ3) is 2.59. The van der Waals surface area contributed by atoms with Gasteiger partial charge in [-0.1, -0.05) is 35.4 Å². The molecule has 0 saturated carbocycles. The summed E-state index contributed by atoms with van der Waals surface area (Å²) >= 11 is 0. The van der Waals surface area contributed by atoms with Crippen LogP contribution in [0.4, 0.5) is 4.39 Å². The zero-order valence-electron chi connectivity index (χ0n) is 11.0. The number of hydrogen-bond acceptors (Lipinski definition) is 1. The van der Waals surface area contributed by atoms with E-state index in [1.165, 1.54) is 23.3 Å². The average Bonchev–Trinajstić information content (AvgIpc) is 2.26. The van der Waals surface area contributed by atoms with Gasteiger partial charge in [0.2, 0.25) is 0 Å². The van der Waals surface area contributed by atoms with Crippen LogP contribution in [-0.4, -0.2) is 0 Å². The van der Waals surface area contributed by atoms with E-state index in [2.05, 4.69) is 32.0 Å². The fourth-order valence-corrected chi connectivity index (χ4v) is 2.36. The minimum absolute atomic E-state index is 0.204.